The van der Waals surface area contributed by atoms with E-state index in [-0.39, 0.29) is 11.9 Å². The van der Waals surface area contributed by atoms with Crippen LogP contribution in [0.25, 0.3) is 0 Å². The summed E-state index contributed by atoms with van der Waals surface area (Å²) in [6.45, 7) is 6.87. The monoisotopic (exact) mass is 357 g/mol. The highest BCUT2D eigenvalue weighted by atomic mass is 32.2. The van der Waals surface area contributed by atoms with Gasteiger partial charge in [-0.05, 0) is 30.3 Å². The van der Waals surface area contributed by atoms with Gasteiger partial charge in [0.1, 0.15) is 0 Å². The van der Waals surface area contributed by atoms with Crippen LogP contribution in [0.5, 0.6) is 0 Å². The molecular weight excluding hydrogens is 330 g/mol. The summed E-state index contributed by atoms with van der Waals surface area (Å²) in [4.78, 5) is 18.7. The summed E-state index contributed by atoms with van der Waals surface area (Å²) in [6, 6.07) is 14.6. The van der Waals surface area contributed by atoms with E-state index in [1.165, 1.54) is 5.56 Å². The van der Waals surface area contributed by atoms with Gasteiger partial charge in [0.2, 0.25) is 5.91 Å². The Kier molecular flexibility index (Phi) is 8.49. The lowest BCUT2D eigenvalue weighted by Gasteiger charge is -2.30. The highest BCUT2D eigenvalue weighted by molar-refractivity contribution is 7.99. The third kappa shape index (κ3) is 6.52. The molecule has 0 aliphatic heterocycles. The first kappa shape index (κ1) is 19.5. The second-order valence-electron chi connectivity index (χ2n) is 5.81. The van der Waals surface area contributed by atoms with Gasteiger partial charge in [-0.3, -0.25) is 14.7 Å². The largest absolute Gasteiger partial charge is 0.353 e. The maximum absolute atomic E-state index is 12.2. The highest BCUT2D eigenvalue weighted by Gasteiger charge is 2.18. The standard InChI is InChI=1S/C20H27N3OS/c1-3-23(4-2)19(18-10-6-5-7-11-18)14-22-20(24)16-25-15-17-9-8-12-21-13-17/h5-13,19H,3-4,14-16H2,1-2H3,(H,22,24). The molecule has 1 atom stereocenters. The van der Waals surface area contributed by atoms with Gasteiger partial charge in [-0.25, -0.2) is 0 Å². The molecule has 1 aromatic carbocycles. The average Bonchev–Trinajstić information content (AvgIpc) is 2.66. The van der Waals surface area contributed by atoms with Crippen LogP contribution in [0.3, 0.4) is 0 Å². The summed E-state index contributed by atoms with van der Waals surface area (Å²) in [5.41, 5.74) is 2.39. The fourth-order valence-corrected chi connectivity index (χ4v) is 3.60. The Balaban J connectivity index is 1.83. The van der Waals surface area contributed by atoms with Crippen molar-refractivity contribution in [3.8, 4) is 0 Å². The van der Waals surface area contributed by atoms with Gasteiger partial charge in [0.05, 0.1) is 11.8 Å². The Morgan fingerprint density at radius 2 is 1.92 bits per heavy atom. The molecule has 1 amide bonds. The summed E-state index contributed by atoms with van der Waals surface area (Å²) < 4.78 is 0. The number of hydrogen-bond acceptors (Lipinski definition) is 4. The number of benzene rings is 1. The Bertz CT molecular complexity index is 617. The van der Waals surface area contributed by atoms with Crippen LogP contribution in [0.1, 0.15) is 31.0 Å². The van der Waals surface area contributed by atoms with E-state index >= 15 is 0 Å². The zero-order valence-corrected chi connectivity index (χ0v) is 15.8. The quantitative estimate of drug-likeness (QED) is 0.707. The molecule has 0 saturated heterocycles. The van der Waals surface area contributed by atoms with Crippen molar-refractivity contribution in [2.45, 2.75) is 25.6 Å². The number of amides is 1. The predicted octanol–water partition coefficient (Wildman–Crippen LogP) is 3.51. The van der Waals surface area contributed by atoms with Crippen LogP contribution in [0.4, 0.5) is 0 Å². The van der Waals surface area contributed by atoms with Crippen molar-refractivity contribution in [1.29, 1.82) is 0 Å². The van der Waals surface area contributed by atoms with Crippen LogP contribution in [0.2, 0.25) is 0 Å². The minimum atomic E-state index is 0.0852. The van der Waals surface area contributed by atoms with E-state index in [0.717, 1.165) is 24.4 Å². The number of nitrogens with zero attached hydrogens (tertiary/aromatic N) is 2. The number of rotatable bonds is 10. The van der Waals surface area contributed by atoms with Crippen LogP contribution in [-0.4, -0.2) is 41.2 Å². The van der Waals surface area contributed by atoms with E-state index < -0.39 is 0 Å². The van der Waals surface area contributed by atoms with Crippen LogP contribution in [0, 0.1) is 0 Å². The van der Waals surface area contributed by atoms with Crippen molar-refractivity contribution in [3.63, 3.8) is 0 Å². The number of aromatic nitrogens is 1. The third-order valence-electron chi connectivity index (χ3n) is 4.15. The lowest BCUT2D eigenvalue weighted by atomic mass is 10.1. The first-order valence-electron chi connectivity index (χ1n) is 8.77. The molecule has 134 valence electrons. The predicted molar refractivity (Wildman–Crippen MR) is 106 cm³/mol. The molecule has 2 rings (SSSR count). The maximum atomic E-state index is 12.2. The normalized spacial score (nSPS) is 12.1. The van der Waals surface area contributed by atoms with Gasteiger partial charge in [-0.15, -0.1) is 11.8 Å². The van der Waals surface area contributed by atoms with Crippen LogP contribution in [0.15, 0.2) is 54.9 Å². The molecule has 1 N–H and O–H groups in total. The summed E-state index contributed by atoms with van der Waals surface area (Å²) in [5.74, 6) is 1.36. The van der Waals surface area contributed by atoms with Gasteiger partial charge in [0, 0.05) is 24.7 Å². The summed E-state index contributed by atoms with van der Waals surface area (Å²) in [7, 11) is 0. The fourth-order valence-electron chi connectivity index (χ4n) is 2.80. The third-order valence-corrected chi connectivity index (χ3v) is 5.16. The molecule has 4 nitrogen and oxygen atoms in total. The summed E-state index contributed by atoms with van der Waals surface area (Å²) in [6.07, 6.45) is 3.61. The molecule has 5 heteroatoms. The van der Waals surface area contributed by atoms with E-state index in [9.17, 15) is 4.79 Å². The molecule has 1 aromatic heterocycles. The Morgan fingerprint density at radius 1 is 1.16 bits per heavy atom. The highest BCUT2D eigenvalue weighted by Crippen LogP contribution is 2.19. The number of carbonyl (C=O) groups excluding carboxylic acids is 1. The van der Waals surface area contributed by atoms with Crippen LogP contribution >= 0.6 is 11.8 Å². The van der Waals surface area contributed by atoms with E-state index in [1.807, 2.05) is 24.4 Å². The van der Waals surface area contributed by atoms with Gasteiger partial charge >= 0.3 is 0 Å². The van der Waals surface area contributed by atoms with Crippen molar-refractivity contribution in [2.24, 2.45) is 0 Å². The molecule has 0 saturated carbocycles. The van der Waals surface area contributed by atoms with Gasteiger partial charge in [-0.2, -0.15) is 0 Å². The number of pyridine rings is 1. The van der Waals surface area contributed by atoms with Crippen molar-refractivity contribution < 1.29 is 4.79 Å². The lowest BCUT2D eigenvalue weighted by molar-refractivity contribution is -0.118. The number of thioether (sulfide) groups is 1. The van der Waals surface area contributed by atoms with Crippen molar-refractivity contribution in [2.75, 3.05) is 25.4 Å². The molecule has 1 unspecified atom stereocenters. The molecule has 25 heavy (non-hydrogen) atoms. The number of likely N-dealkylation sites (N-methyl/N-ethyl adjacent to an activating group) is 1. The Labute approximate surface area is 155 Å². The molecule has 0 fully saturated rings. The number of nitrogens with one attached hydrogen (secondary N) is 1. The maximum Gasteiger partial charge on any atom is 0.230 e. The van der Waals surface area contributed by atoms with Crippen molar-refractivity contribution in [1.82, 2.24) is 15.2 Å². The fraction of sp³-hybridized carbons (Fsp3) is 0.400. The molecule has 2 aromatic rings. The molecule has 0 spiro atoms. The second-order valence-corrected chi connectivity index (χ2v) is 6.79. The first-order chi connectivity index (χ1) is 12.2. The minimum Gasteiger partial charge on any atom is -0.353 e. The zero-order valence-electron chi connectivity index (χ0n) is 15.0. The molecule has 0 radical (unpaired) electrons. The molecule has 0 bridgehead atoms. The van der Waals surface area contributed by atoms with Gasteiger partial charge < -0.3 is 5.32 Å². The van der Waals surface area contributed by atoms with Crippen molar-refractivity contribution in [3.05, 3.63) is 66.0 Å². The average molecular weight is 358 g/mol. The molecular formula is C20H27N3OS. The van der Waals surface area contributed by atoms with Crippen LogP contribution < -0.4 is 5.32 Å². The van der Waals surface area contributed by atoms with E-state index in [2.05, 4.69) is 53.3 Å². The second kappa shape index (κ2) is 10.9. The molecule has 1 heterocycles. The van der Waals surface area contributed by atoms with Gasteiger partial charge in [0.15, 0.2) is 0 Å². The summed E-state index contributed by atoms with van der Waals surface area (Å²) >= 11 is 1.62. The van der Waals surface area contributed by atoms with E-state index in [0.29, 0.717) is 12.3 Å². The number of hydrogen-bond donors (Lipinski definition) is 1. The first-order valence-corrected chi connectivity index (χ1v) is 9.92. The van der Waals surface area contributed by atoms with E-state index in [1.54, 1.807) is 18.0 Å². The summed E-state index contributed by atoms with van der Waals surface area (Å²) in [5, 5.41) is 3.10. The molecule has 0 aliphatic rings. The Hall–Kier alpha value is -1.85. The lowest BCUT2D eigenvalue weighted by Crippen LogP contribution is -2.38. The SMILES string of the molecule is CCN(CC)C(CNC(=O)CSCc1cccnc1)c1ccccc1. The van der Waals surface area contributed by atoms with Crippen molar-refractivity contribution >= 4 is 17.7 Å². The van der Waals surface area contributed by atoms with Gasteiger partial charge in [-0.1, -0.05) is 50.2 Å². The van der Waals surface area contributed by atoms with Crippen LogP contribution in [-0.2, 0) is 10.5 Å². The van der Waals surface area contributed by atoms with E-state index in [4.69, 9.17) is 0 Å². The number of carbonyl (C=O) groups is 1. The smallest absolute Gasteiger partial charge is 0.230 e. The zero-order chi connectivity index (χ0) is 17.9. The Morgan fingerprint density at radius 3 is 2.56 bits per heavy atom. The molecule has 0 aliphatic carbocycles. The topological polar surface area (TPSA) is 45.2 Å². The minimum absolute atomic E-state index is 0.0852. The van der Waals surface area contributed by atoms with Gasteiger partial charge in [0.25, 0.3) is 0 Å².